The third-order valence-electron chi connectivity index (χ3n) is 4.17. The molecule has 2 N–H and O–H groups in total. The van der Waals surface area contributed by atoms with Crippen LogP contribution in [0.3, 0.4) is 0 Å². The Morgan fingerprint density at radius 2 is 1.89 bits per heavy atom. The number of carboxylic acids is 1. The number of nitrogens with zero attached hydrogens (tertiary/aromatic N) is 2. The zero-order chi connectivity index (χ0) is 20.2. The van der Waals surface area contributed by atoms with Gasteiger partial charge in [0, 0.05) is 0 Å². The van der Waals surface area contributed by atoms with Crippen molar-refractivity contribution >= 4 is 11.9 Å². The second kappa shape index (κ2) is 8.24. The molecule has 0 saturated carbocycles. The summed E-state index contributed by atoms with van der Waals surface area (Å²) in [6, 6.07) is 6.78. The first-order valence-electron chi connectivity index (χ1n) is 8.96. The number of carbonyl (C=O) groups excluding carboxylic acids is 1. The van der Waals surface area contributed by atoms with Crippen LogP contribution in [0.4, 0.5) is 0 Å². The van der Waals surface area contributed by atoms with Crippen LogP contribution in [0.2, 0.25) is 0 Å². The molecule has 0 aliphatic rings. The summed E-state index contributed by atoms with van der Waals surface area (Å²) in [6.07, 6.45) is 2.33. The van der Waals surface area contributed by atoms with Gasteiger partial charge in [0.1, 0.15) is 5.75 Å². The molecule has 1 atom stereocenters. The molecule has 0 fully saturated rings. The van der Waals surface area contributed by atoms with E-state index in [-0.39, 0.29) is 24.1 Å². The number of rotatable bonds is 7. The Morgan fingerprint density at radius 1 is 1.26 bits per heavy atom. The number of nitrogens with one attached hydrogen (secondary N) is 1. The van der Waals surface area contributed by atoms with Crippen LogP contribution in [0.25, 0.3) is 0 Å². The fourth-order valence-electron chi connectivity index (χ4n) is 2.84. The molecule has 27 heavy (non-hydrogen) atoms. The van der Waals surface area contributed by atoms with E-state index in [0.717, 1.165) is 11.3 Å². The van der Waals surface area contributed by atoms with Crippen molar-refractivity contribution in [2.45, 2.75) is 52.6 Å². The molecule has 0 bridgehead atoms. The lowest BCUT2D eigenvalue weighted by molar-refractivity contribution is -0.139. The molecular weight excluding hydrogens is 346 g/mol. The van der Waals surface area contributed by atoms with Crippen LogP contribution in [0.1, 0.15) is 62.3 Å². The van der Waals surface area contributed by atoms with E-state index < -0.39 is 5.97 Å². The third-order valence-corrected chi connectivity index (χ3v) is 4.17. The first-order chi connectivity index (χ1) is 12.6. The number of carbonyl (C=O) groups is 2. The smallest absolute Gasteiger partial charge is 0.341 e. The Kier molecular flexibility index (Phi) is 6.25. The normalized spacial score (nSPS) is 12.5. The van der Waals surface area contributed by atoms with E-state index in [0.29, 0.717) is 17.7 Å². The number of hydrogen-bond donors (Lipinski definition) is 2. The summed E-state index contributed by atoms with van der Waals surface area (Å²) in [7, 11) is 0. The van der Waals surface area contributed by atoms with Gasteiger partial charge in [0.05, 0.1) is 29.0 Å². The minimum atomic E-state index is -1.03. The van der Waals surface area contributed by atoms with Crippen LogP contribution >= 0.6 is 0 Å². The maximum atomic E-state index is 12.7. The lowest BCUT2D eigenvalue weighted by atomic mass is 10.1. The predicted molar refractivity (Wildman–Crippen MR) is 102 cm³/mol. The van der Waals surface area contributed by atoms with Gasteiger partial charge >= 0.3 is 5.97 Å². The standard InChI is InChI=1S/C20H27N3O4/c1-6-17-16(11-21-23(17)20(3,4)5)19(26)22-13(2)14-7-9-15(10-8-14)27-12-18(24)25/h7-11,13H,6,12H2,1-5H3,(H,22,26)(H,24,25). The average Bonchev–Trinajstić information content (AvgIpc) is 3.04. The molecule has 1 aromatic heterocycles. The van der Waals surface area contributed by atoms with E-state index in [1.165, 1.54) is 0 Å². The van der Waals surface area contributed by atoms with Crippen LogP contribution in [0.15, 0.2) is 30.5 Å². The third kappa shape index (κ3) is 5.09. The molecule has 1 heterocycles. The summed E-state index contributed by atoms with van der Waals surface area (Å²) in [5.41, 5.74) is 2.19. The van der Waals surface area contributed by atoms with Crippen molar-refractivity contribution in [2.75, 3.05) is 6.61 Å². The highest BCUT2D eigenvalue weighted by molar-refractivity contribution is 5.95. The Bertz CT molecular complexity index is 804. The van der Waals surface area contributed by atoms with E-state index >= 15 is 0 Å². The molecule has 0 aliphatic heterocycles. The molecule has 1 amide bonds. The van der Waals surface area contributed by atoms with Crippen molar-refractivity contribution in [3.63, 3.8) is 0 Å². The summed E-state index contributed by atoms with van der Waals surface area (Å²) in [4.78, 5) is 23.3. The van der Waals surface area contributed by atoms with Gasteiger partial charge in [-0.25, -0.2) is 4.79 Å². The van der Waals surface area contributed by atoms with Gasteiger partial charge in [0.15, 0.2) is 6.61 Å². The number of carboxylic acid groups (broad SMARTS) is 1. The molecule has 0 aliphatic carbocycles. The minimum absolute atomic E-state index is 0.166. The summed E-state index contributed by atoms with van der Waals surface area (Å²) in [5.74, 6) is -0.720. The Morgan fingerprint density at radius 3 is 2.41 bits per heavy atom. The SMILES string of the molecule is CCc1c(C(=O)NC(C)c2ccc(OCC(=O)O)cc2)cnn1C(C)(C)C. The van der Waals surface area contributed by atoms with Crippen LogP contribution in [-0.4, -0.2) is 33.4 Å². The first-order valence-corrected chi connectivity index (χ1v) is 8.96. The van der Waals surface area contributed by atoms with Crippen molar-refractivity contribution in [2.24, 2.45) is 0 Å². The van der Waals surface area contributed by atoms with Crippen LogP contribution in [0, 0.1) is 0 Å². The first kappa shape index (κ1) is 20.5. The maximum Gasteiger partial charge on any atom is 0.341 e. The molecule has 0 radical (unpaired) electrons. The van der Waals surface area contributed by atoms with Crippen molar-refractivity contribution in [1.82, 2.24) is 15.1 Å². The number of aromatic nitrogens is 2. The lowest BCUT2D eigenvalue weighted by Crippen LogP contribution is -2.29. The molecule has 2 aromatic rings. The van der Waals surface area contributed by atoms with E-state index in [1.807, 2.05) is 18.5 Å². The lowest BCUT2D eigenvalue weighted by Gasteiger charge is -2.22. The Labute approximate surface area is 159 Å². The summed E-state index contributed by atoms with van der Waals surface area (Å²) >= 11 is 0. The molecular formula is C20H27N3O4. The van der Waals surface area contributed by atoms with Gasteiger partial charge in [0.2, 0.25) is 0 Å². The van der Waals surface area contributed by atoms with E-state index in [4.69, 9.17) is 9.84 Å². The zero-order valence-electron chi connectivity index (χ0n) is 16.4. The average molecular weight is 373 g/mol. The quantitative estimate of drug-likeness (QED) is 0.778. The molecule has 0 spiro atoms. The van der Waals surface area contributed by atoms with E-state index in [1.54, 1.807) is 30.5 Å². The van der Waals surface area contributed by atoms with Crippen molar-refractivity contribution in [3.8, 4) is 5.75 Å². The number of ether oxygens (including phenoxy) is 1. The second-order valence-electron chi connectivity index (χ2n) is 7.39. The van der Waals surface area contributed by atoms with Crippen molar-refractivity contribution in [1.29, 1.82) is 0 Å². The summed E-state index contributed by atoms with van der Waals surface area (Å²) in [6.45, 7) is 9.68. The van der Waals surface area contributed by atoms with Gasteiger partial charge in [0.25, 0.3) is 5.91 Å². The second-order valence-corrected chi connectivity index (χ2v) is 7.39. The number of benzene rings is 1. The molecule has 2 rings (SSSR count). The molecule has 0 saturated heterocycles. The maximum absolute atomic E-state index is 12.7. The minimum Gasteiger partial charge on any atom is -0.482 e. The molecule has 7 nitrogen and oxygen atoms in total. The predicted octanol–water partition coefficient (Wildman–Crippen LogP) is 3.15. The highest BCUT2D eigenvalue weighted by Gasteiger charge is 2.23. The van der Waals surface area contributed by atoms with Gasteiger partial charge in [-0.05, 0) is 51.8 Å². The number of hydrogen-bond acceptors (Lipinski definition) is 4. The molecule has 1 aromatic carbocycles. The topological polar surface area (TPSA) is 93.4 Å². The van der Waals surface area contributed by atoms with Gasteiger partial charge in [-0.1, -0.05) is 19.1 Å². The molecule has 146 valence electrons. The van der Waals surface area contributed by atoms with Crippen LogP contribution in [0.5, 0.6) is 5.75 Å². The van der Waals surface area contributed by atoms with E-state index in [2.05, 4.69) is 31.2 Å². The Balaban J connectivity index is 2.09. The van der Waals surface area contributed by atoms with Gasteiger partial charge in [-0.3, -0.25) is 9.48 Å². The van der Waals surface area contributed by atoms with Crippen LogP contribution in [-0.2, 0) is 16.8 Å². The monoisotopic (exact) mass is 373 g/mol. The van der Waals surface area contributed by atoms with Gasteiger partial charge < -0.3 is 15.2 Å². The zero-order valence-corrected chi connectivity index (χ0v) is 16.4. The van der Waals surface area contributed by atoms with Gasteiger partial charge in [-0.2, -0.15) is 5.10 Å². The van der Waals surface area contributed by atoms with E-state index in [9.17, 15) is 9.59 Å². The van der Waals surface area contributed by atoms with Crippen molar-refractivity contribution in [3.05, 3.63) is 47.3 Å². The summed E-state index contributed by atoms with van der Waals surface area (Å²) in [5, 5.41) is 16.0. The highest BCUT2D eigenvalue weighted by Crippen LogP contribution is 2.22. The number of amides is 1. The molecule has 1 unspecified atom stereocenters. The number of aliphatic carboxylic acids is 1. The fourth-order valence-corrected chi connectivity index (χ4v) is 2.84. The molecule has 7 heteroatoms. The largest absolute Gasteiger partial charge is 0.482 e. The summed E-state index contributed by atoms with van der Waals surface area (Å²) < 4.78 is 7.01. The van der Waals surface area contributed by atoms with Crippen molar-refractivity contribution < 1.29 is 19.4 Å². The Hall–Kier alpha value is -2.83. The van der Waals surface area contributed by atoms with Gasteiger partial charge in [-0.15, -0.1) is 0 Å². The van der Waals surface area contributed by atoms with Crippen LogP contribution < -0.4 is 10.1 Å². The fraction of sp³-hybridized carbons (Fsp3) is 0.450. The highest BCUT2D eigenvalue weighted by atomic mass is 16.5.